The normalized spacial score (nSPS) is 22.8. The van der Waals surface area contributed by atoms with Crippen molar-refractivity contribution in [1.29, 1.82) is 0 Å². The van der Waals surface area contributed by atoms with Gasteiger partial charge in [0.05, 0.1) is 19.1 Å². The Balaban J connectivity index is 1.49. The fraction of sp³-hybridized carbons (Fsp3) is 0.438. The average molecular weight is 548 g/mol. The Morgan fingerprint density at radius 2 is 1.54 bits per heavy atom. The molecule has 3 saturated heterocycles. The van der Waals surface area contributed by atoms with Gasteiger partial charge in [-0.2, -0.15) is 0 Å². The van der Waals surface area contributed by atoms with Gasteiger partial charge in [-0.15, -0.1) is 0 Å². The van der Waals surface area contributed by atoms with Gasteiger partial charge in [0.15, 0.2) is 0 Å². The number of hydrogen-bond acceptors (Lipinski definition) is 5. The lowest BCUT2D eigenvalue weighted by Crippen LogP contribution is -2.64. The number of nitrogens with one attached hydrogen (secondary N) is 1. The van der Waals surface area contributed by atoms with Crippen molar-refractivity contribution in [3.8, 4) is 5.75 Å². The summed E-state index contributed by atoms with van der Waals surface area (Å²) in [6.45, 7) is 6.65. The van der Waals surface area contributed by atoms with E-state index in [1.807, 2.05) is 32.0 Å². The van der Waals surface area contributed by atoms with Gasteiger partial charge in [-0.25, -0.2) is 8.42 Å². The van der Waals surface area contributed by atoms with Crippen molar-refractivity contribution in [2.24, 2.45) is 5.92 Å². The number of hydrogen-bond donors (Lipinski definition) is 1. The zero-order valence-electron chi connectivity index (χ0n) is 23.5. The highest BCUT2D eigenvalue weighted by atomic mass is 32.2. The summed E-state index contributed by atoms with van der Waals surface area (Å²) in [7, 11) is -1.74. The predicted molar refractivity (Wildman–Crippen MR) is 159 cm³/mol. The van der Waals surface area contributed by atoms with Gasteiger partial charge in [-0.1, -0.05) is 60.7 Å². The third-order valence-corrected chi connectivity index (χ3v) is 9.75. The summed E-state index contributed by atoms with van der Waals surface area (Å²) in [6, 6.07) is 27.9. The van der Waals surface area contributed by atoms with Crippen molar-refractivity contribution in [3.63, 3.8) is 0 Å². The largest absolute Gasteiger partial charge is 0.496 e. The van der Waals surface area contributed by atoms with E-state index in [4.69, 9.17) is 4.74 Å². The molecule has 3 aromatic carbocycles. The van der Waals surface area contributed by atoms with E-state index in [2.05, 4.69) is 70.9 Å². The number of nitrogens with zero attached hydrogens (tertiary/aromatic N) is 2. The van der Waals surface area contributed by atoms with Crippen LogP contribution in [0.4, 0.5) is 5.69 Å². The minimum absolute atomic E-state index is 0.182. The molecule has 3 aliphatic rings. The topological polar surface area (TPSA) is 61.9 Å². The molecule has 0 radical (unpaired) electrons. The first-order valence-electron chi connectivity index (χ1n) is 14.0. The van der Waals surface area contributed by atoms with Crippen LogP contribution in [0.15, 0.2) is 78.9 Å². The molecule has 0 spiro atoms. The molecular weight excluding hydrogens is 506 g/mol. The minimum Gasteiger partial charge on any atom is -0.496 e. The molecule has 7 heteroatoms. The number of methoxy groups -OCH3 is 1. The van der Waals surface area contributed by atoms with Crippen LogP contribution in [0.5, 0.6) is 5.75 Å². The van der Waals surface area contributed by atoms with Crippen molar-refractivity contribution < 1.29 is 13.2 Å². The maximum absolute atomic E-state index is 12.6. The smallest absolute Gasteiger partial charge is 0.232 e. The second kappa shape index (κ2) is 11.7. The number of anilines is 1. The number of rotatable bonds is 10. The highest BCUT2D eigenvalue weighted by molar-refractivity contribution is 7.92. The molecule has 6 nitrogen and oxygen atoms in total. The van der Waals surface area contributed by atoms with E-state index in [-0.39, 0.29) is 12.0 Å². The number of sulfonamides is 1. The van der Waals surface area contributed by atoms with Crippen molar-refractivity contribution >= 4 is 15.7 Å². The summed E-state index contributed by atoms with van der Waals surface area (Å²) in [4.78, 5) is 2.68. The second-order valence-electron chi connectivity index (χ2n) is 11.2. The number of benzene rings is 3. The van der Waals surface area contributed by atoms with E-state index in [1.54, 1.807) is 7.11 Å². The predicted octanol–water partition coefficient (Wildman–Crippen LogP) is 5.25. The molecule has 0 amide bonds. The van der Waals surface area contributed by atoms with Crippen LogP contribution in [-0.4, -0.2) is 57.9 Å². The van der Waals surface area contributed by atoms with Gasteiger partial charge >= 0.3 is 0 Å². The lowest BCUT2D eigenvalue weighted by Gasteiger charge is -2.54. The fourth-order valence-electron chi connectivity index (χ4n) is 6.84. The molecule has 3 fully saturated rings. The van der Waals surface area contributed by atoms with E-state index in [0.29, 0.717) is 30.2 Å². The first kappa shape index (κ1) is 27.7. The van der Waals surface area contributed by atoms with Crippen LogP contribution in [0.1, 0.15) is 49.3 Å². The Morgan fingerprint density at radius 3 is 2.05 bits per heavy atom. The molecule has 3 aromatic rings. The Labute approximate surface area is 234 Å². The van der Waals surface area contributed by atoms with E-state index < -0.39 is 10.0 Å². The van der Waals surface area contributed by atoms with Crippen LogP contribution in [0.3, 0.4) is 0 Å². The number of piperidine rings is 3. The summed E-state index contributed by atoms with van der Waals surface area (Å²) in [5.41, 5.74) is 4.32. The molecule has 2 unspecified atom stereocenters. The van der Waals surface area contributed by atoms with E-state index in [9.17, 15) is 8.42 Å². The first-order valence-corrected chi connectivity index (χ1v) is 15.9. The molecule has 3 heterocycles. The van der Waals surface area contributed by atoms with Crippen molar-refractivity contribution in [2.45, 2.75) is 57.3 Å². The van der Waals surface area contributed by atoms with Crippen LogP contribution in [0.25, 0.3) is 0 Å². The molecule has 0 saturated carbocycles. The highest BCUT2D eigenvalue weighted by Crippen LogP contribution is 2.42. The van der Waals surface area contributed by atoms with Gasteiger partial charge in [-0.05, 0) is 75.0 Å². The van der Waals surface area contributed by atoms with Gasteiger partial charge in [0.1, 0.15) is 5.75 Å². The fourth-order valence-corrected chi connectivity index (χ4v) is 8.10. The molecule has 2 atom stereocenters. The maximum atomic E-state index is 12.6. The maximum Gasteiger partial charge on any atom is 0.232 e. The van der Waals surface area contributed by atoms with Gasteiger partial charge in [0.2, 0.25) is 10.0 Å². The molecule has 3 aliphatic heterocycles. The lowest BCUT2D eigenvalue weighted by atomic mass is 9.70. The van der Waals surface area contributed by atoms with Crippen LogP contribution < -0.4 is 14.4 Å². The molecule has 6 rings (SSSR count). The highest BCUT2D eigenvalue weighted by Gasteiger charge is 2.46. The van der Waals surface area contributed by atoms with Gasteiger partial charge < -0.3 is 10.1 Å². The van der Waals surface area contributed by atoms with E-state index in [0.717, 1.165) is 24.4 Å². The summed E-state index contributed by atoms with van der Waals surface area (Å²) in [5, 5.41) is 3.96. The lowest BCUT2D eigenvalue weighted by molar-refractivity contribution is 0.00462. The van der Waals surface area contributed by atoms with Crippen LogP contribution >= 0.6 is 0 Å². The van der Waals surface area contributed by atoms with Crippen molar-refractivity contribution in [3.05, 3.63) is 95.6 Å². The Bertz CT molecular complexity index is 1300. The summed E-state index contributed by atoms with van der Waals surface area (Å²) < 4.78 is 32.4. The third kappa shape index (κ3) is 5.86. The van der Waals surface area contributed by atoms with Gasteiger partial charge in [-0.3, -0.25) is 9.21 Å². The zero-order chi connectivity index (χ0) is 27.6. The van der Waals surface area contributed by atoms with Crippen molar-refractivity contribution in [1.82, 2.24) is 10.2 Å². The molecular formula is C32H41N3O3S. The molecule has 208 valence electrons. The quantitative estimate of drug-likeness (QED) is 0.376. The molecule has 0 aromatic heterocycles. The minimum atomic E-state index is -3.41. The number of fused-ring (bicyclic) bond motifs is 3. The van der Waals surface area contributed by atoms with E-state index in [1.165, 1.54) is 34.5 Å². The molecule has 1 N–H and O–H groups in total. The average Bonchev–Trinajstić information content (AvgIpc) is 2.93. The van der Waals surface area contributed by atoms with Crippen LogP contribution in [-0.2, 0) is 16.6 Å². The summed E-state index contributed by atoms with van der Waals surface area (Å²) in [6.07, 6.45) is 3.65. The first-order chi connectivity index (χ1) is 18.8. The summed E-state index contributed by atoms with van der Waals surface area (Å²) >= 11 is 0. The Kier molecular flexibility index (Phi) is 8.31. The van der Waals surface area contributed by atoms with Crippen LogP contribution in [0.2, 0.25) is 0 Å². The third-order valence-electron chi connectivity index (χ3n) is 8.40. The van der Waals surface area contributed by atoms with E-state index >= 15 is 0 Å². The Morgan fingerprint density at radius 1 is 0.949 bits per heavy atom. The SMILES string of the molecule is COc1ccc(N(C(C)C)S(C)(=O)=O)cc1CNC1C2CCN(CC2)C1C(c1ccccc1)c1ccccc1. The second-order valence-corrected chi connectivity index (χ2v) is 13.1. The zero-order valence-corrected chi connectivity index (χ0v) is 24.3. The monoisotopic (exact) mass is 547 g/mol. The molecule has 0 aliphatic carbocycles. The van der Waals surface area contributed by atoms with Gasteiger partial charge in [0, 0.05) is 36.2 Å². The Hall–Kier alpha value is -2.87. The molecule has 39 heavy (non-hydrogen) atoms. The standard InChI is InChI=1S/C32H41N3O3S/c1-23(2)35(39(4,36)37)28-15-16-29(38-3)27(21-28)22-33-31-26-17-19-34(20-18-26)32(31)30(24-11-7-5-8-12-24)25-13-9-6-10-14-25/h5-16,21,23,26,30-33H,17-20,22H2,1-4H3. The van der Waals surface area contributed by atoms with Crippen LogP contribution in [0, 0.1) is 5.92 Å². The van der Waals surface area contributed by atoms with Gasteiger partial charge in [0.25, 0.3) is 0 Å². The summed E-state index contributed by atoms with van der Waals surface area (Å²) in [5.74, 6) is 1.61. The van der Waals surface area contributed by atoms with Crippen molar-refractivity contribution in [2.75, 3.05) is 30.8 Å². The number of ether oxygens (including phenoxy) is 1. The molecule has 2 bridgehead atoms.